The van der Waals surface area contributed by atoms with Gasteiger partial charge in [0.25, 0.3) is 0 Å². The molecule has 1 aliphatic rings. The van der Waals surface area contributed by atoms with E-state index in [-0.39, 0.29) is 0 Å². The quantitative estimate of drug-likeness (QED) is 0.645. The zero-order chi connectivity index (χ0) is 15.1. The first-order valence-corrected chi connectivity index (χ1v) is 9.48. The van der Waals surface area contributed by atoms with Gasteiger partial charge < -0.3 is 5.32 Å². The SMILES string of the molecule is CCCNCC1CCC(CC)CC1Cc1ccccc1Br. The maximum Gasteiger partial charge on any atom is 0.0207 e. The molecule has 1 aromatic rings. The maximum absolute atomic E-state index is 3.72. The van der Waals surface area contributed by atoms with Crippen LogP contribution in [0.3, 0.4) is 0 Å². The van der Waals surface area contributed by atoms with Crippen molar-refractivity contribution in [3.8, 4) is 0 Å². The Morgan fingerprint density at radius 1 is 1.14 bits per heavy atom. The number of hydrogen-bond acceptors (Lipinski definition) is 1. The highest BCUT2D eigenvalue weighted by molar-refractivity contribution is 9.10. The largest absolute Gasteiger partial charge is 0.316 e. The van der Waals surface area contributed by atoms with Gasteiger partial charge in [-0.15, -0.1) is 0 Å². The van der Waals surface area contributed by atoms with Crippen molar-refractivity contribution < 1.29 is 0 Å². The summed E-state index contributed by atoms with van der Waals surface area (Å²) in [6, 6.07) is 8.75. The van der Waals surface area contributed by atoms with E-state index < -0.39 is 0 Å². The molecule has 1 N–H and O–H groups in total. The predicted molar refractivity (Wildman–Crippen MR) is 95.6 cm³/mol. The summed E-state index contributed by atoms with van der Waals surface area (Å²) in [6.07, 6.45) is 8.07. The Bertz CT molecular complexity index is 416. The smallest absolute Gasteiger partial charge is 0.0207 e. The molecule has 1 aliphatic carbocycles. The normalized spacial score (nSPS) is 26.0. The van der Waals surface area contributed by atoms with Crippen molar-refractivity contribution in [2.45, 2.75) is 52.4 Å². The maximum atomic E-state index is 3.72. The zero-order valence-electron chi connectivity index (χ0n) is 13.6. The topological polar surface area (TPSA) is 12.0 Å². The van der Waals surface area contributed by atoms with Gasteiger partial charge in [-0.1, -0.05) is 60.8 Å². The van der Waals surface area contributed by atoms with Gasteiger partial charge in [0.2, 0.25) is 0 Å². The molecular formula is C19H30BrN. The molecule has 3 unspecified atom stereocenters. The van der Waals surface area contributed by atoms with Gasteiger partial charge >= 0.3 is 0 Å². The monoisotopic (exact) mass is 351 g/mol. The van der Waals surface area contributed by atoms with E-state index in [0.29, 0.717) is 0 Å². The van der Waals surface area contributed by atoms with Crippen LogP contribution in [0.15, 0.2) is 28.7 Å². The Hall–Kier alpha value is -0.340. The van der Waals surface area contributed by atoms with Crippen molar-refractivity contribution in [3.05, 3.63) is 34.3 Å². The van der Waals surface area contributed by atoms with Crippen LogP contribution < -0.4 is 5.32 Å². The lowest BCUT2D eigenvalue weighted by Gasteiger charge is -2.36. The fraction of sp³-hybridized carbons (Fsp3) is 0.684. The van der Waals surface area contributed by atoms with Crippen LogP contribution in [0.1, 0.15) is 51.5 Å². The van der Waals surface area contributed by atoms with Gasteiger partial charge in [0, 0.05) is 4.47 Å². The molecule has 0 aromatic heterocycles. The van der Waals surface area contributed by atoms with Crippen molar-refractivity contribution >= 4 is 15.9 Å². The van der Waals surface area contributed by atoms with Gasteiger partial charge in [-0.2, -0.15) is 0 Å². The number of nitrogens with one attached hydrogen (secondary N) is 1. The Balaban J connectivity index is 2.00. The highest BCUT2D eigenvalue weighted by Gasteiger charge is 2.29. The van der Waals surface area contributed by atoms with E-state index >= 15 is 0 Å². The van der Waals surface area contributed by atoms with E-state index in [1.807, 2.05) is 0 Å². The van der Waals surface area contributed by atoms with Gasteiger partial charge in [-0.3, -0.25) is 0 Å². The van der Waals surface area contributed by atoms with Gasteiger partial charge in [0.1, 0.15) is 0 Å². The van der Waals surface area contributed by atoms with E-state index in [9.17, 15) is 0 Å². The van der Waals surface area contributed by atoms with Gasteiger partial charge in [0.15, 0.2) is 0 Å². The molecule has 1 nitrogen and oxygen atoms in total. The molecule has 2 rings (SSSR count). The van der Waals surface area contributed by atoms with Crippen molar-refractivity contribution in [1.82, 2.24) is 5.32 Å². The van der Waals surface area contributed by atoms with E-state index in [1.54, 1.807) is 0 Å². The Morgan fingerprint density at radius 2 is 1.95 bits per heavy atom. The second kappa shape index (κ2) is 8.95. The molecule has 118 valence electrons. The lowest BCUT2D eigenvalue weighted by atomic mass is 9.71. The van der Waals surface area contributed by atoms with Crippen LogP contribution in [0.25, 0.3) is 0 Å². The number of hydrogen-bond donors (Lipinski definition) is 1. The van der Waals surface area contributed by atoms with Crippen LogP contribution in [0.2, 0.25) is 0 Å². The van der Waals surface area contributed by atoms with Crippen LogP contribution in [0, 0.1) is 17.8 Å². The molecule has 0 spiro atoms. The number of rotatable bonds is 7. The number of halogens is 1. The summed E-state index contributed by atoms with van der Waals surface area (Å²) < 4.78 is 1.28. The molecule has 21 heavy (non-hydrogen) atoms. The Kier molecular flexibility index (Phi) is 7.25. The third kappa shape index (κ3) is 5.10. The highest BCUT2D eigenvalue weighted by Crippen LogP contribution is 2.38. The van der Waals surface area contributed by atoms with Crippen molar-refractivity contribution in [3.63, 3.8) is 0 Å². The van der Waals surface area contributed by atoms with E-state index in [1.165, 1.54) is 55.1 Å². The van der Waals surface area contributed by atoms with E-state index in [2.05, 4.69) is 59.4 Å². The average Bonchev–Trinajstić information content (AvgIpc) is 2.51. The zero-order valence-corrected chi connectivity index (χ0v) is 15.2. The second-order valence-electron chi connectivity index (χ2n) is 6.61. The van der Waals surface area contributed by atoms with Gasteiger partial charge in [0.05, 0.1) is 0 Å². The molecular weight excluding hydrogens is 322 g/mol. The first-order chi connectivity index (χ1) is 10.2. The summed E-state index contributed by atoms with van der Waals surface area (Å²) >= 11 is 3.72. The molecule has 1 aromatic carbocycles. The minimum Gasteiger partial charge on any atom is -0.316 e. The molecule has 0 heterocycles. The fourth-order valence-electron chi connectivity index (χ4n) is 3.72. The third-order valence-electron chi connectivity index (χ3n) is 5.10. The molecule has 0 aliphatic heterocycles. The predicted octanol–water partition coefficient (Wildman–Crippen LogP) is 5.43. The Labute approximate surface area is 139 Å². The third-order valence-corrected chi connectivity index (χ3v) is 5.87. The molecule has 0 saturated heterocycles. The standard InChI is InChI=1S/C19H30BrN/c1-3-11-21-14-17-10-9-15(4-2)12-18(17)13-16-7-5-6-8-19(16)20/h5-8,15,17-18,21H,3-4,9-14H2,1-2H3. The molecule has 2 heteroatoms. The molecule has 1 fully saturated rings. The lowest BCUT2D eigenvalue weighted by molar-refractivity contribution is 0.171. The first kappa shape index (κ1) is 17.0. The minimum absolute atomic E-state index is 0.840. The molecule has 0 radical (unpaired) electrons. The van der Waals surface area contributed by atoms with Crippen molar-refractivity contribution in [2.75, 3.05) is 13.1 Å². The summed E-state index contributed by atoms with van der Waals surface area (Å²) in [7, 11) is 0. The first-order valence-electron chi connectivity index (χ1n) is 8.68. The van der Waals surface area contributed by atoms with Gasteiger partial charge in [-0.05, 0) is 68.2 Å². The molecule has 3 atom stereocenters. The summed E-state index contributed by atoms with van der Waals surface area (Å²) in [4.78, 5) is 0. The molecule has 0 amide bonds. The summed E-state index contributed by atoms with van der Waals surface area (Å²) in [5.74, 6) is 2.64. The van der Waals surface area contributed by atoms with Gasteiger partial charge in [-0.25, -0.2) is 0 Å². The lowest BCUT2D eigenvalue weighted by Crippen LogP contribution is -2.34. The van der Waals surface area contributed by atoms with Crippen LogP contribution in [-0.4, -0.2) is 13.1 Å². The minimum atomic E-state index is 0.840. The van der Waals surface area contributed by atoms with Crippen LogP contribution >= 0.6 is 15.9 Å². The summed E-state index contributed by atoms with van der Waals surface area (Å²) in [5, 5.41) is 3.66. The summed E-state index contributed by atoms with van der Waals surface area (Å²) in [5.41, 5.74) is 1.49. The van der Waals surface area contributed by atoms with Crippen LogP contribution in [0.4, 0.5) is 0 Å². The average molecular weight is 352 g/mol. The Morgan fingerprint density at radius 3 is 2.67 bits per heavy atom. The fourth-order valence-corrected chi connectivity index (χ4v) is 4.17. The van der Waals surface area contributed by atoms with Crippen LogP contribution in [0.5, 0.6) is 0 Å². The molecule has 0 bridgehead atoms. The van der Waals surface area contributed by atoms with E-state index in [4.69, 9.17) is 0 Å². The van der Waals surface area contributed by atoms with Crippen molar-refractivity contribution in [1.29, 1.82) is 0 Å². The second-order valence-corrected chi connectivity index (χ2v) is 7.46. The highest BCUT2D eigenvalue weighted by atomic mass is 79.9. The van der Waals surface area contributed by atoms with Crippen LogP contribution in [-0.2, 0) is 6.42 Å². The number of benzene rings is 1. The van der Waals surface area contributed by atoms with Crippen molar-refractivity contribution in [2.24, 2.45) is 17.8 Å². The molecule has 1 saturated carbocycles. The van der Waals surface area contributed by atoms with E-state index in [0.717, 1.165) is 24.3 Å². The summed E-state index contributed by atoms with van der Waals surface area (Å²) in [6.45, 7) is 6.98.